The molecule has 0 aliphatic carbocycles. The molecule has 6 heteroatoms. The Balaban J connectivity index is 2.17. The van der Waals surface area contributed by atoms with E-state index in [1.54, 1.807) is 19.1 Å². The third-order valence-corrected chi connectivity index (χ3v) is 2.98. The second kappa shape index (κ2) is 5.14. The van der Waals surface area contributed by atoms with Gasteiger partial charge in [-0.1, -0.05) is 6.07 Å². The second-order valence-electron chi connectivity index (χ2n) is 4.42. The monoisotopic (exact) mass is 249 g/mol. The van der Waals surface area contributed by atoms with Crippen molar-refractivity contribution in [2.75, 3.05) is 11.9 Å². The van der Waals surface area contributed by atoms with Crippen LogP contribution in [0.1, 0.15) is 18.4 Å². The number of hydrogen-bond donors (Lipinski definition) is 2. The first-order valence-electron chi connectivity index (χ1n) is 5.87. The first-order valence-corrected chi connectivity index (χ1v) is 5.87. The van der Waals surface area contributed by atoms with E-state index in [-0.39, 0.29) is 23.3 Å². The van der Waals surface area contributed by atoms with Crippen molar-refractivity contribution < 1.29 is 9.72 Å². The number of benzene rings is 1. The predicted molar refractivity (Wildman–Crippen MR) is 67.5 cm³/mol. The first kappa shape index (κ1) is 12.5. The van der Waals surface area contributed by atoms with Gasteiger partial charge >= 0.3 is 0 Å². The van der Waals surface area contributed by atoms with Crippen molar-refractivity contribution in [2.45, 2.75) is 25.8 Å². The molecule has 1 atom stereocenters. The number of carbonyl (C=O) groups excluding carboxylic acids is 1. The lowest BCUT2D eigenvalue weighted by Crippen LogP contribution is -2.35. The average Bonchev–Trinajstić information content (AvgIpc) is 2.84. The van der Waals surface area contributed by atoms with Crippen LogP contribution >= 0.6 is 0 Å². The molecule has 1 saturated heterocycles. The van der Waals surface area contributed by atoms with Crippen molar-refractivity contribution in [3.8, 4) is 0 Å². The molecule has 2 N–H and O–H groups in total. The molecule has 0 bridgehead atoms. The van der Waals surface area contributed by atoms with Gasteiger partial charge in [-0.2, -0.15) is 0 Å². The molecule has 0 radical (unpaired) electrons. The minimum absolute atomic E-state index is 0.0682. The average molecular weight is 249 g/mol. The number of aryl methyl sites for hydroxylation is 1. The number of nitrogens with one attached hydrogen (secondary N) is 2. The molecule has 1 aromatic carbocycles. The van der Waals surface area contributed by atoms with Crippen molar-refractivity contribution in [2.24, 2.45) is 0 Å². The first-order chi connectivity index (χ1) is 8.58. The Hall–Kier alpha value is -1.95. The van der Waals surface area contributed by atoms with Gasteiger partial charge in [0.2, 0.25) is 5.91 Å². The van der Waals surface area contributed by atoms with Gasteiger partial charge < -0.3 is 10.6 Å². The number of rotatable bonds is 3. The summed E-state index contributed by atoms with van der Waals surface area (Å²) in [6, 6.07) is 4.52. The summed E-state index contributed by atoms with van der Waals surface area (Å²) in [6.07, 6.45) is 1.72. The van der Waals surface area contributed by atoms with Crippen molar-refractivity contribution in [3.63, 3.8) is 0 Å². The van der Waals surface area contributed by atoms with Crippen LogP contribution in [0.2, 0.25) is 0 Å². The molecule has 0 saturated carbocycles. The number of amides is 1. The zero-order valence-electron chi connectivity index (χ0n) is 10.1. The Labute approximate surface area is 105 Å². The molecule has 1 aliphatic rings. The molecule has 0 spiro atoms. The Morgan fingerprint density at radius 2 is 2.33 bits per heavy atom. The maximum Gasteiger partial charge on any atom is 0.293 e. The van der Waals surface area contributed by atoms with E-state index in [4.69, 9.17) is 0 Å². The summed E-state index contributed by atoms with van der Waals surface area (Å²) >= 11 is 0. The zero-order chi connectivity index (χ0) is 13.1. The maximum atomic E-state index is 11.9. The summed E-state index contributed by atoms with van der Waals surface area (Å²) in [5, 5.41) is 16.6. The van der Waals surface area contributed by atoms with Crippen molar-refractivity contribution in [3.05, 3.63) is 33.9 Å². The van der Waals surface area contributed by atoms with Crippen LogP contribution in [0.25, 0.3) is 0 Å². The molecule has 1 aromatic rings. The fourth-order valence-electron chi connectivity index (χ4n) is 2.03. The Kier molecular flexibility index (Phi) is 3.57. The van der Waals surface area contributed by atoms with Gasteiger partial charge in [-0.15, -0.1) is 0 Å². The maximum absolute atomic E-state index is 11.9. The van der Waals surface area contributed by atoms with E-state index in [1.807, 2.05) is 0 Å². The van der Waals surface area contributed by atoms with E-state index in [9.17, 15) is 14.9 Å². The predicted octanol–water partition coefficient (Wildman–Crippen LogP) is 1.59. The third-order valence-electron chi connectivity index (χ3n) is 2.98. The highest BCUT2D eigenvalue weighted by Gasteiger charge is 2.24. The summed E-state index contributed by atoms with van der Waals surface area (Å²) in [4.78, 5) is 22.3. The van der Waals surface area contributed by atoms with E-state index >= 15 is 0 Å². The van der Waals surface area contributed by atoms with Crippen LogP contribution in [0.4, 0.5) is 11.4 Å². The van der Waals surface area contributed by atoms with E-state index in [1.165, 1.54) is 6.07 Å². The zero-order valence-corrected chi connectivity index (χ0v) is 10.1. The van der Waals surface area contributed by atoms with Crippen molar-refractivity contribution in [1.82, 2.24) is 5.32 Å². The van der Waals surface area contributed by atoms with E-state index < -0.39 is 4.92 Å². The lowest BCUT2D eigenvalue weighted by atomic mass is 10.1. The summed E-state index contributed by atoms with van der Waals surface area (Å²) in [5.74, 6) is -0.209. The number of anilines is 1. The van der Waals surface area contributed by atoms with Gasteiger partial charge in [-0.25, -0.2) is 0 Å². The van der Waals surface area contributed by atoms with Crippen LogP contribution in [-0.2, 0) is 4.79 Å². The van der Waals surface area contributed by atoms with Crippen LogP contribution in [0, 0.1) is 17.0 Å². The van der Waals surface area contributed by atoms with Crippen LogP contribution in [-0.4, -0.2) is 23.4 Å². The van der Waals surface area contributed by atoms with Gasteiger partial charge in [0.1, 0.15) is 5.69 Å². The molecule has 6 nitrogen and oxygen atoms in total. The van der Waals surface area contributed by atoms with E-state index in [2.05, 4.69) is 10.6 Å². The number of nitrogens with zero attached hydrogens (tertiary/aromatic N) is 1. The summed E-state index contributed by atoms with van der Waals surface area (Å²) in [6.45, 7) is 2.59. The van der Waals surface area contributed by atoms with Crippen molar-refractivity contribution >= 4 is 17.3 Å². The standard InChI is InChI=1S/C12H15N3O3/c1-8-4-5-9(11(7-8)15(17)18)14-12(16)10-3-2-6-13-10/h4-5,7,10,13H,2-3,6H2,1H3,(H,14,16). The molecule has 1 unspecified atom stereocenters. The number of nitro groups is 1. The van der Waals surface area contributed by atoms with Crippen LogP contribution in [0.5, 0.6) is 0 Å². The molecule has 1 amide bonds. The van der Waals surface area contributed by atoms with E-state index in [0.717, 1.165) is 24.9 Å². The lowest BCUT2D eigenvalue weighted by molar-refractivity contribution is -0.384. The minimum atomic E-state index is -0.481. The van der Waals surface area contributed by atoms with E-state index in [0.29, 0.717) is 0 Å². The molecular weight excluding hydrogens is 234 g/mol. The quantitative estimate of drug-likeness (QED) is 0.629. The van der Waals surface area contributed by atoms with Gasteiger partial charge in [0.15, 0.2) is 0 Å². The number of carbonyl (C=O) groups is 1. The van der Waals surface area contributed by atoms with Gasteiger partial charge in [0, 0.05) is 6.07 Å². The summed E-state index contributed by atoms with van der Waals surface area (Å²) < 4.78 is 0. The molecule has 96 valence electrons. The highest BCUT2D eigenvalue weighted by Crippen LogP contribution is 2.25. The van der Waals surface area contributed by atoms with Crippen LogP contribution in [0.3, 0.4) is 0 Å². The third kappa shape index (κ3) is 2.65. The fourth-order valence-corrected chi connectivity index (χ4v) is 2.03. The Morgan fingerprint density at radius 3 is 2.94 bits per heavy atom. The van der Waals surface area contributed by atoms with Gasteiger partial charge in [-0.05, 0) is 37.9 Å². The summed E-state index contributed by atoms with van der Waals surface area (Å²) in [7, 11) is 0. The SMILES string of the molecule is Cc1ccc(NC(=O)C2CCCN2)c([N+](=O)[O-])c1. The van der Waals surface area contributed by atoms with Gasteiger partial charge in [0.25, 0.3) is 5.69 Å². The molecule has 18 heavy (non-hydrogen) atoms. The van der Waals surface area contributed by atoms with Crippen LogP contribution < -0.4 is 10.6 Å². The molecule has 1 fully saturated rings. The smallest absolute Gasteiger partial charge is 0.293 e. The lowest BCUT2D eigenvalue weighted by Gasteiger charge is -2.11. The van der Waals surface area contributed by atoms with Crippen LogP contribution in [0.15, 0.2) is 18.2 Å². The molecule has 2 rings (SSSR count). The second-order valence-corrected chi connectivity index (χ2v) is 4.42. The minimum Gasteiger partial charge on any atom is -0.319 e. The van der Waals surface area contributed by atoms with Gasteiger partial charge in [-0.3, -0.25) is 14.9 Å². The van der Waals surface area contributed by atoms with Crippen molar-refractivity contribution in [1.29, 1.82) is 0 Å². The molecule has 1 heterocycles. The highest BCUT2D eigenvalue weighted by molar-refractivity contribution is 5.96. The molecular formula is C12H15N3O3. The van der Waals surface area contributed by atoms with Gasteiger partial charge in [0.05, 0.1) is 11.0 Å². The summed E-state index contributed by atoms with van der Waals surface area (Å²) in [5.41, 5.74) is 0.976. The molecule has 0 aromatic heterocycles. The number of hydrogen-bond acceptors (Lipinski definition) is 4. The molecule has 1 aliphatic heterocycles. The topological polar surface area (TPSA) is 84.3 Å². The Morgan fingerprint density at radius 1 is 1.56 bits per heavy atom. The largest absolute Gasteiger partial charge is 0.319 e. The fraction of sp³-hybridized carbons (Fsp3) is 0.417. The Bertz CT molecular complexity index is 481. The normalized spacial score (nSPS) is 18.6. The highest BCUT2D eigenvalue weighted by atomic mass is 16.6. The number of nitro benzene ring substituents is 1.